The van der Waals surface area contributed by atoms with E-state index in [1.54, 1.807) is 0 Å². The molecule has 1 aromatic carbocycles. The molecule has 1 aromatic rings. The maximum atomic E-state index is 12.4. The fourth-order valence-corrected chi connectivity index (χ4v) is 5.04. The molecule has 4 rings (SSSR count). The van der Waals surface area contributed by atoms with E-state index < -0.39 is 0 Å². The molecule has 0 radical (unpaired) electrons. The van der Waals surface area contributed by atoms with E-state index in [0.29, 0.717) is 6.42 Å². The van der Waals surface area contributed by atoms with Crippen molar-refractivity contribution in [3.8, 4) is 0 Å². The molecule has 0 aromatic heterocycles. The van der Waals surface area contributed by atoms with E-state index in [-0.39, 0.29) is 5.91 Å². The maximum absolute atomic E-state index is 12.4. The van der Waals surface area contributed by atoms with Gasteiger partial charge in [0.1, 0.15) is 0 Å². The number of nitrogens with zero attached hydrogens (tertiary/aromatic N) is 2. The van der Waals surface area contributed by atoms with Crippen molar-refractivity contribution in [2.45, 2.75) is 32.2 Å². The average molecular weight is 356 g/mol. The predicted molar refractivity (Wildman–Crippen MR) is 105 cm³/mol. The Morgan fingerprint density at radius 3 is 2.54 bits per heavy atom. The second-order valence-corrected chi connectivity index (χ2v) is 8.67. The van der Waals surface area contributed by atoms with Gasteiger partial charge in [-0.3, -0.25) is 4.79 Å². The summed E-state index contributed by atoms with van der Waals surface area (Å²) in [5, 5.41) is 3.49. The Hall–Kier alpha value is -1.39. The Labute approximate surface area is 157 Å². The summed E-state index contributed by atoms with van der Waals surface area (Å²) < 4.78 is 0. The van der Waals surface area contributed by atoms with Gasteiger partial charge in [-0.1, -0.05) is 30.3 Å². The van der Waals surface area contributed by atoms with Gasteiger partial charge in [-0.05, 0) is 74.7 Å². The minimum atomic E-state index is 0.287. The van der Waals surface area contributed by atoms with Gasteiger partial charge in [0.15, 0.2) is 0 Å². The Kier molecular flexibility index (Phi) is 5.60. The highest BCUT2D eigenvalue weighted by atomic mass is 16.2. The zero-order valence-corrected chi connectivity index (χ0v) is 16.1. The quantitative estimate of drug-likeness (QED) is 0.817. The van der Waals surface area contributed by atoms with Crippen molar-refractivity contribution in [1.82, 2.24) is 15.1 Å². The number of nitrogens with one attached hydrogen (secondary N) is 1. The van der Waals surface area contributed by atoms with Gasteiger partial charge >= 0.3 is 0 Å². The van der Waals surface area contributed by atoms with Crippen LogP contribution in [0.25, 0.3) is 0 Å². The lowest BCUT2D eigenvalue weighted by molar-refractivity contribution is -0.130. The third kappa shape index (κ3) is 4.29. The lowest BCUT2D eigenvalue weighted by Gasteiger charge is -2.32. The predicted octanol–water partition coefficient (Wildman–Crippen LogP) is 2.60. The standard InChI is InChI=1S/C22H33N3O/c1-24(15-18-5-3-2-4-6-18)22(26)8-7-17-9-11-25(12-10-17)16-21-19-13-23-14-20(19)21/h2-6,17,19-21,23H,7-16H2,1H3/t19-,20+,21?. The number of likely N-dealkylation sites (tertiary alicyclic amines) is 1. The summed E-state index contributed by atoms with van der Waals surface area (Å²) in [6.07, 6.45) is 4.31. The van der Waals surface area contributed by atoms with Gasteiger partial charge in [0.25, 0.3) is 0 Å². The zero-order valence-electron chi connectivity index (χ0n) is 16.1. The maximum Gasteiger partial charge on any atom is 0.222 e. The van der Waals surface area contributed by atoms with Crippen LogP contribution in [0.15, 0.2) is 30.3 Å². The van der Waals surface area contributed by atoms with Crippen LogP contribution < -0.4 is 5.32 Å². The molecule has 26 heavy (non-hydrogen) atoms. The highest BCUT2D eigenvalue weighted by Gasteiger charge is 2.52. The van der Waals surface area contributed by atoms with E-state index in [1.807, 2.05) is 30.1 Å². The molecule has 2 aliphatic heterocycles. The van der Waals surface area contributed by atoms with Crippen molar-refractivity contribution < 1.29 is 4.79 Å². The smallest absolute Gasteiger partial charge is 0.222 e. The summed E-state index contributed by atoms with van der Waals surface area (Å²) in [7, 11) is 1.93. The number of amides is 1. The fraction of sp³-hybridized carbons (Fsp3) is 0.682. The highest BCUT2D eigenvalue weighted by molar-refractivity contribution is 5.75. The van der Waals surface area contributed by atoms with Crippen LogP contribution in [0, 0.1) is 23.7 Å². The van der Waals surface area contributed by atoms with Crippen molar-refractivity contribution in [2.24, 2.45) is 23.7 Å². The van der Waals surface area contributed by atoms with Gasteiger partial charge in [-0.2, -0.15) is 0 Å². The van der Waals surface area contributed by atoms with Crippen molar-refractivity contribution in [1.29, 1.82) is 0 Å². The number of piperidine rings is 2. The van der Waals surface area contributed by atoms with Crippen LogP contribution >= 0.6 is 0 Å². The second kappa shape index (κ2) is 8.10. The van der Waals surface area contributed by atoms with E-state index in [2.05, 4.69) is 22.3 Å². The van der Waals surface area contributed by atoms with E-state index in [9.17, 15) is 4.79 Å². The van der Waals surface area contributed by atoms with Crippen LogP contribution in [0.2, 0.25) is 0 Å². The Bertz CT molecular complexity index is 587. The molecule has 1 saturated carbocycles. The molecular formula is C22H33N3O. The Morgan fingerprint density at radius 1 is 1.15 bits per heavy atom. The normalized spacial score (nSPS) is 28.7. The van der Waals surface area contributed by atoms with Crippen LogP contribution in [0.4, 0.5) is 0 Å². The topological polar surface area (TPSA) is 35.6 Å². The third-order valence-corrected chi connectivity index (χ3v) is 6.90. The SMILES string of the molecule is CN(Cc1ccccc1)C(=O)CCC1CCN(CC2[C@H]3CNC[C@@H]23)CC1. The van der Waals surface area contributed by atoms with Gasteiger partial charge in [0, 0.05) is 26.6 Å². The van der Waals surface area contributed by atoms with Crippen LogP contribution in [0.3, 0.4) is 0 Å². The minimum absolute atomic E-state index is 0.287. The molecule has 3 atom stereocenters. The number of benzene rings is 1. The first-order valence-corrected chi connectivity index (χ1v) is 10.4. The third-order valence-electron chi connectivity index (χ3n) is 6.90. The molecule has 4 heteroatoms. The largest absolute Gasteiger partial charge is 0.341 e. The zero-order chi connectivity index (χ0) is 17.9. The van der Waals surface area contributed by atoms with Gasteiger partial charge in [0.05, 0.1) is 0 Å². The van der Waals surface area contributed by atoms with Gasteiger partial charge in [-0.25, -0.2) is 0 Å². The molecule has 142 valence electrons. The summed E-state index contributed by atoms with van der Waals surface area (Å²) in [6, 6.07) is 10.3. The van der Waals surface area contributed by atoms with E-state index in [4.69, 9.17) is 0 Å². The Balaban J connectivity index is 1.13. The summed E-state index contributed by atoms with van der Waals surface area (Å²) in [4.78, 5) is 17.0. The number of hydrogen-bond donors (Lipinski definition) is 1. The first kappa shape index (κ1) is 18.0. The van der Waals surface area contributed by atoms with Gasteiger partial charge < -0.3 is 15.1 Å². The van der Waals surface area contributed by atoms with Crippen molar-refractivity contribution in [3.05, 3.63) is 35.9 Å². The first-order chi connectivity index (χ1) is 12.7. The molecular weight excluding hydrogens is 322 g/mol. The average Bonchev–Trinajstić information content (AvgIpc) is 3.08. The second-order valence-electron chi connectivity index (χ2n) is 8.67. The lowest BCUT2D eigenvalue weighted by Crippen LogP contribution is -2.36. The fourth-order valence-electron chi connectivity index (χ4n) is 5.04. The van der Waals surface area contributed by atoms with Crippen LogP contribution in [-0.2, 0) is 11.3 Å². The summed E-state index contributed by atoms with van der Waals surface area (Å²) >= 11 is 0. The number of rotatable bonds is 7. The molecule has 4 nitrogen and oxygen atoms in total. The number of carbonyl (C=O) groups excluding carboxylic acids is 1. The molecule has 3 aliphatic rings. The minimum Gasteiger partial charge on any atom is -0.341 e. The number of fused-ring (bicyclic) bond motifs is 1. The molecule has 3 fully saturated rings. The number of carbonyl (C=O) groups is 1. The first-order valence-electron chi connectivity index (χ1n) is 10.4. The van der Waals surface area contributed by atoms with Crippen molar-refractivity contribution in [3.63, 3.8) is 0 Å². The molecule has 2 saturated heterocycles. The van der Waals surface area contributed by atoms with E-state index in [0.717, 1.165) is 36.6 Å². The van der Waals surface area contributed by atoms with Crippen molar-refractivity contribution >= 4 is 5.91 Å². The van der Waals surface area contributed by atoms with Gasteiger partial charge in [-0.15, -0.1) is 0 Å². The van der Waals surface area contributed by atoms with E-state index >= 15 is 0 Å². The molecule has 1 aliphatic carbocycles. The lowest BCUT2D eigenvalue weighted by atomic mass is 9.91. The molecule has 1 N–H and O–H groups in total. The summed E-state index contributed by atoms with van der Waals surface area (Å²) in [5.41, 5.74) is 1.21. The summed E-state index contributed by atoms with van der Waals surface area (Å²) in [5.74, 6) is 3.95. The van der Waals surface area contributed by atoms with Crippen LogP contribution in [0.1, 0.15) is 31.2 Å². The monoisotopic (exact) mass is 355 g/mol. The molecule has 0 spiro atoms. The molecule has 0 bridgehead atoms. The van der Waals surface area contributed by atoms with Crippen molar-refractivity contribution in [2.75, 3.05) is 39.8 Å². The number of hydrogen-bond acceptors (Lipinski definition) is 3. The van der Waals surface area contributed by atoms with E-state index in [1.165, 1.54) is 51.1 Å². The Morgan fingerprint density at radius 2 is 1.85 bits per heavy atom. The highest BCUT2D eigenvalue weighted by Crippen LogP contribution is 2.49. The van der Waals surface area contributed by atoms with Crippen LogP contribution in [-0.4, -0.2) is 55.5 Å². The molecule has 1 unspecified atom stereocenters. The van der Waals surface area contributed by atoms with Gasteiger partial charge in [0.2, 0.25) is 5.91 Å². The molecule has 1 amide bonds. The van der Waals surface area contributed by atoms with Crippen LogP contribution in [0.5, 0.6) is 0 Å². The molecule has 2 heterocycles. The summed E-state index contributed by atoms with van der Waals surface area (Å²) in [6.45, 7) is 7.03.